The summed E-state index contributed by atoms with van der Waals surface area (Å²) in [6.07, 6.45) is 1.05. The molecule has 0 aliphatic carbocycles. The molecule has 2 aromatic carbocycles. The third kappa shape index (κ3) is 4.13. The predicted octanol–water partition coefficient (Wildman–Crippen LogP) is 5.85. The van der Waals surface area contributed by atoms with Gasteiger partial charge in [0.25, 0.3) is 0 Å². The van der Waals surface area contributed by atoms with Crippen LogP contribution >= 0.6 is 23.2 Å². The standard InChI is InChI=1S/C17H19Cl2NO/c1-3-15(20-4-2)12-8-10-13(11-9-12)21-16-7-5-6-14(18)17(16)19/h5-11,15,20H,3-4H2,1-2H3. The molecule has 1 atom stereocenters. The molecule has 0 saturated carbocycles. The molecule has 21 heavy (non-hydrogen) atoms. The van der Waals surface area contributed by atoms with Crippen LogP contribution in [0.15, 0.2) is 42.5 Å². The first-order valence-electron chi connectivity index (χ1n) is 7.10. The van der Waals surface area contributed by atoms with Crippen LogP contribution in [-0.4, -0.2) is 6.54 Å². The zero-order valence-electron chi connectivity index (χ0n) is 12.2. The lowest BCUT2D eigenvalue weighted by molar-refractivity contribution is 0.481. The van der Waals surface area contributed by atoms with Crippen molar-refractivity contribution in [3.8, 4) is 11.5 Å². The smallest absolute Gasteiger partial charge is 0.147 e. The van der Waals surface area contributed by atoms with Crippen molar-refractivity contribution in [2.45, 2.75) is 26.3 Å². The topological polar surface area (TPSA) is 21.3 Å². The minimum Gasteiger partial charge on any atom is -0.456 e. The molecule has 0 heterocycles. The molecule has 0 aliphatic heterocycles. The number of halogens is 2. The van der Waals surface area contributed by atoms with Gasteiger partial charge in [0.1, 0.15) is 16.5 Å². The average Bonchev–Trinajstić information content (AvgIpc) is 2.50. The van der Waals surface area contributed by atoms with Crippen LogP contribution in [0.3, 0.4) is 0 Å². The van der Waals surface area contributed by atoms with Gasteiger partial charge in [-0.2, -0.15) is 0 Å². The Labute approximate surface area is 136 Å². The largest absolute Gasteiger partial charge is 0.456 e. The number of ether oxygens (including phenoxy) is 1. The quantitative estimate of drug-likeness (QED) is 0.720. The van der Waals surface area contributed by atoms with Crippen LogP contribution in [0.2, 0.25) is 10.0 Å². The molecule has 1 unspecified atom stereocenters. The van der Waals surface area contributed by atoms with Gasteiger partial charge in [0.05, 0.1) is 5.02 Å². The van der Waals surface area contributed by atoms with Gasteiger partial charge in [0, 0.05) is 6.04 Å². The number of hydrogen-bond acceptors (Lipinski definition) is 2. The number of benzene rings is 2. The molecule has 0 amide bonds. The van der Waals surface area contributed by atoms with Crippen LogP contribution in [0.5, 0.6) is 11.5 Å². The lowest BCUT2D eigenvalue weighted by Gasteiger charge is -2.16. The van der Waals surface area contributed by atoms with Gasteiger partial charge >= 0.3 is 0 Å². The Morgan fingerprint density at radius 1 is 1.05 bits per heavy atom. The minimum atomic E-state index is 0.374. The lowest BCUT2D eigenvalue weighted by atomic mass is 10.0. The van der Waals surface area contributed by atoms with Gasteiger partial charge in [-0.3, -0.25) is 0 Å². The Morgan fingerprint density at radius 2 is 1.76 bits per heavy atom. The van der Waals surface area contributed by atoms with Crippen LogP contribution in [-0.2, 0) is 0 Å². The molecule has 0 spiro atoms. The van der Waals surface area contributed by atoms with Gasteiger partial charge in [-0.05, 0) is 42.8 Å². The monoisotopic (exact) mass is 323 g/mol. The lowest BCUT2D eigenvalue weighted by Crippen LogP contribution is -2.19. The fraction of sp³-hybridized carbons (Fsp3) is 0.294. The Balaban J connectivity index is 2.14. The summed E-state index contributed by atoms with van der Waals surface area (Å²) in [5, 5.41) is 4.38. The highest BCUT2D eigenvalue weighted by atomic mass is 35.5. The number of hydrogen-bond donors (Lipinski definition) is 1. The first-order chi connectivity index (χ1) is 10.2. The summed E-state index contributed by atoms with van der Waals surface area (Å²) in [5.41, 5.74) is 1.25. The van der Waals surface area contributed by atoms with Crippen LogP contribution in [0.1, 0.15) is 31.9 Å². The summed E-state index contributed by atoms with van der Waals surface area (Å²) in [6.45, 7) is 5.24. The van der Waals surface area contributed by atoms with E-state index in [2.05, 4.69) is 31.3 Å². The van der Waals surface area contributed by atoms with Crippen molar-refractivity contribution in [1.82, 2.24) is 5.32 Å². The summed E-state index contributed by atoms with van der Waals surface area (Å²) in [6, 6.07) is 13.8. The first-order valence-corrected chi connectivity index (χ1v) is 7.86. The Kier molecular flexibility index (Phi) is 5.92. The maximum atomic E-state index is 6.12. The molecule has 2 rings (SSSR count). The third-order valence-corrected chi connectivity index (χ3v) is 4.09. The van der Waals surface area contributed by atoms with E-state index in [0.29, 0.717) is 21.8 Å². The Morgan fingerprint density at radius 3 is 2.38 bits per heavy atom. The van der Waals surface area contributed by atoms with Gasteiger partial charge in [-0.25, -0.2) is 0 Å². The van der Waals surface area contributed by atoms with Crippen molar-refractivity contribution in [3.63, 3.8) is 0 Å². The van der Waals surface area contributed by atoms with Crippen LogP contribution in [0.25, 0.3) is 0 Å². The fourth-order valence-electron chi connectivity index (χ4n) is 2.20. The van der Waals surface area contributed by atoms with E-state index in [0.717, 1.165) is 18.7 Å². The van der Waals surface area contributed by atoms with E-state index in [-0.39, 0.29) is 0 Å². The molecule has 0 aliphatic rings. The second kappa shape index (κ2) is 7.69. The summed E-state index contributed by atoms with van der Waals surface area (Å²) >= 11 is 12.1. The van der Waals surface area contributed by atoms with Crippen molar-refractivity contribution in [3.05, 3.63) is 58.1 Å². The summed E-state index contributed by atoms with van der Waals surface area (Å²) in [4.78, 5) is 0. The second-order valence-corrected chi connectivity index (χ2v) is 5.53. The molecule has 0 radical (unpaired) electrons. The molecule has 2 nitrogen and oxygen atoms in total. The van der Waals surface area contributed by atoms with Crippen molar-refractivity contribution in [2.75, 3.05) is 6.54 Å². The predicted molar refractivity (Wildman–Crippen MR) is 89.7 cm³/mol. The van der Waals surface area contributed by atoms with E-state index in [4.69, 9.17) is 27.9 Å². The van der Waals surface area contributed by atoms with E-state index in [1.54, 1.807) is 12.1 Å². The Bertz CT molecular complexity index is 584. The van der Waals surface area contributed by atoms with Crippen molar-refractivity contribution in [1.29, 1.82) is 0 Å². The zero-order valence-corrected chi connectivity index (χ0v) is 13.7. The SMILES string of the molecule is CCNC(CC)c1ccc(Oc2cccc(Cl)c2Cl)cc1. The van der Waals surface area contributed by atoms with Crippen molar-refractivity contribution < 1.29 is 4.74 Å². The second-order valence-electron chi connectivity index (χ2n) is 4.74. The molecular weight excluding hydrogens is 305 g/mol. The van der Waals surface area contributed by atoms with Crippen LogP contribution in [0, 0.1) is 0 Å². The minimum absolute atomic E-state index is 0.374. The number of rotatable bonds is 6. The molecule has 0 bridgehead atoms. The summed E-state index contributed by atoms with van der Waals surface area (Å²) in [7, 11) is 0. The van der Waals surface area contributed by atoms with Crippen molar-refractivity contribution in [2.24, 2.45) is 0 Å². The molecule has 0 aromatic heterocycles. The molecule has 112 valence electrons. The maximum Gasteiger partial charge on any atom is 0.147 e. The van der Waals surface area contributed by atoms with Crippen LogP contribution in [0.4, 0.5) is 0 Å². The highest BCUT2D eigenvalue weighted by molar-refractivity contribution is 6.42. The van der Waals surface area contributed by atoms with E-state index in [9.17, 15) is 0 Å². The fourth-order valence-corrected chi connectivity index (χ4v) is 2.53. The van der Waals surface area contributed by atoms with E-state index >= 15 is 0 Å². The van der Waals surface area contributed by atoms with Gasteiger partial charge < -0.3 is 10.1 Å². The molecule has 2 aromatic rings. The van der Waals surface area contributed by atoms with E-state index in [1.807, 2.05) is 18.2 Å². The normalized spacial score (nSPS) is 12.2. The highest BCUT2D eigenvalue weighted by Crippen LogP contribution is 2.34. The van der Waals surface area contributed by atoms with Gasteiger partial charge in [0.2, 0.25) is 0 Å². The molecule has 1 N–H and O–H groups in total. The van der Waals surface area contributed by atoms with Gasteiger partial charge in [-0.1, -0.05) is 55.2 Å². The molecule has 0 saturated heterocycles. The number of nitrogens with one attached hydrogen (secondary N) is 1. The summed E-state index contributed by atoms with van der Waals surface area (Å²) in [5.74, 6) is 1.31. The Hall–Kier alpha value is -1.22. The molecular formula is C17H19Cl2NO. The third-order valence-electron chi connectivity index (χ3n) is 3.29. The highest BCUT2D eigenvalue weighted by Gasteiger charge is 2.09. The molecule has 0 fully saturated rings. The van der Waals surface area contributed by atoms with E-state index in [1.165, 1.54) is 5.56 Å². The van der Waals surface area contributed by atoms with Crippen molar-refractivity contribution >= 4 is 23.2 Å². The summed E-state index contributed by atoms with van der Waals surface area (Å²) < 4.78 is 5.78. The average molecular weight is 324 g/mol. The van der Waals surface area contributed by atoms with Crippen LogP contribution < -0.4 is 10.1 Å². The van der Waals surface area contributed by atoms with E-state index < -0.39 is 0 Å². The molecule has 4 heteroatoms. The van der Waals surface area contributed by atoms with Gasteiger partial charge in [0.15, 0.2) is 0 Å². The maximum absolute atomic E-state index is 6.12. The first kappa shape index (κ1) is 16.2. The zero-order chi connectivity index (χ0) is 15.2. The van der Waals surface area contributed by atoms with Gasteiger partial charge in [-0.15, -0.1) is 0 Å².